The second-order valence-electron chi connectivity index (χ2n) is 9.39. The quantitative estimate of drug-likeness (QED) is 0.298. The highest BCUT2D eigenvalue weighted by Crippen LogP contribution is 2.28. The molecule has 1 fully saturated rings. The maximum atomic E-state index is 13.7. The monoisotopic (exact) mass is 621 g/mol. The van der Waals surface area contributed by atoms with Gasteiger partial charge in [0.05, 0.1) is 23.8 Å². The Labute approximate surface area is 243 Å². The summed E-state index contributed by atoms with van der Waals surface area (Å²) in [6, 6.07) is 6.64. The van der Waals surface area contributed by atoms with Crippen molar-refractivity contribution in [3.8, 4) is 5.75 Å². The fourth-order valence-corrected chi connectivity index (χ4v) is 7.15. The van der Waals surface area contributed by atoms with E-state index in [-0.39, 0.29) is 31.1 Å². The molecule has 0 aliphatic carbocycles. The van der Waals surface area contributed by atoms with Gasteiger partial charge in [-0.15, -0.1) is 24.5 Å². The molecule has 0 unspecified atom stereocenters. The highest BCUT2D eigenvalue weighted by Gasteiger charge is 2.41. The number of halogens is 3. The highest BCUT2D eigenvalue weighted by molar-refractivity contribution is 7.89. The zero-order valence-corrected chi connectivity index (χ0v) is 23.9. The Morgan fingerprint density at radius 2 is 1.86 bits per heavy atom. The number of hydrogen-bond donors (Lipinski definition) is 1. The van der Waals surface area contributed by atoms with Crippen molar-refractivity contribution in [3.05, 3.63) is 64.9 Å². The molecule has 16 heteroatoms. The summed E-state index contributed by atoms with van der Waals surface area (Å²) < 4.78 is 70.1. The molecule has 11 nitrogen and oxygen atoms in total. The summed E-state index contributed by atoms with van der Waals surface area (Å²) in [5, 5.41) is 2.85. The fraction of sp³-hybridized carbons (Fsp3) is 0.346. The Kier molecular flexibility index (Phi) is 8.56. The van der Waals surface area contributed by atoms with Gasteiger partial charge in [0.1, 0.15) is 29.5 Å². The number of sulfonamides is 1. The standard InChI is InChI=1S/C26H26F3N7O4S2/c1-2-3-18-6-7-19(41-18)12-32-25(37)22-15-35(23-14-31-21-13-30-16-33-24(21)34-23)10-11-36(22)42(38,39)20-8-4-17(5-9-20)40-26(27,28)29/h4-9,13-14,16,22H,2-3,10-12,15H2,1H3,(H,32,37)/t22-/m1/s1. The minimum absolute atomic E-state index is 0.0445. The smallest absolute Gasteiger partial charge is 0.406 e. The number of rotatable bonds is 9. The Hall–Kier alpha value is -3.89. The molecule has 0 radical (unpaired) electrons. The van der Waals surface area contributed by atoms with Gasteiger partial charge < -0.3 is 15.0 Å². The van der Waals surface area contributed by atoms with E-state index in [9.17, 15) is 26.4 Å². The van der Waals surface area contributed by atoms with E-state index in [0.717, 1.165) is 46.3 Å². The van der Waals surface area contributed by atoms with Crippen molar-refractivity contribution in [1.29, 1.82) is 0 Å². The number of benzene rings is 1. The number of aryl methyl sites for hydroxylation is 1. The molecule has 0 spiro atoms. The van der Waals surface area contributed by atoms with Gasteiger partial charge in [-0.25, -0.2) is 28.4 Å². The summed E-state index contributed by atoms with van der Waals surface area (Å²) in [6.07, 6.45) is 1.35. The lowest BCUT2D eigenvalue weighted by atomic mass is 10.2. The van der Waals surface area contributed by atoms with Crippen LogP contribution in [0, 0.1) is 0 Å². The summed E-state index contributed by atoms with van der Waals surface area (Å²) in [5.41, 5.74) is 0.827. The van der Waals surface area contributed by atoms with E-state index in [1.54, 1.807) is 16.2 Å². The van der Waals surface area contributed by atoms with Gasteiger partial charge in [0.25, 0.3) is 0 Å². The van der Waals surface area contributed by atoms with Gasteiger partial charge in [-0.05, 0) is 42.8 Å². The van der Waals surface area contributed by atoms with E-state index in [0.29, 0.717) is 17.0 Å². The second-order valence-corrected chi connectivity index (χ2v) is 12.5. The number of fused-ring (bicyclic) bond motifs is 1. The van der Waals surface area contributed by atoms with E-state index in [1.165, 1.54) is 23.6 Å². The van der Waals surface area contributed by atoms with Crippen LogP contribution in [0.5, 0.6) is 5.75 Å². The van der Waals surface area contributed by atoms with E-state index in [1.807, 2.05) is 12.1 Å². The third-order valence-electron chi connectivity index (χ3n) is 6.48. The summed E-state index contributed by atoms with van der Waals surface area (Å²) in [5.74, 6) is -0.674. The van der Waals surface area contributed by atoms with Crippen molar-refractivity contribution in [2.24, 2.45) is 0 Å². The lowest BCUT2D eigenvalue weighted by molar-refractivity contribution is -0.274. The molecule has 1 N–H and O–H groups in total. The molecule has 5 rings (SSSR count). The number of amides is 1. The molecule has 1 aromatic carbocycles. The van der Waals surface area contributed by atoms with Crippen LogP contribution in [0.4, 0.5) is 19.0 Å². The summed E-state index contributed by atoms with van der Waals surface area (Å²) in [4.78, 5) is 34.0. The molecule has 222 valence electrons. The number of ether oxygens (including phenoxy) is 1. The molecule has 1 aliphatic rings. The van der Waals surface area contributed by atoms with Crippen LogP contribution in [0.1, 0.15) is 23.1 Å². The van der Waals surface area contributed by atoms with Crippen molar-refractivity contribution in [2.45, 2.75) is 43.6 Å². The van der Waals surface area contributed by atoms with Crippen molar-refractivity contribution in [3.63, 3.8) is 0 Å². The zero-order valence-electron chi connectivity index (χ0n) is 22.3. The molecule has 1 saturated heterocycles. The molecule has 1 aliphatic heterocycles. The number of aromatic nitrogens is 4. The van der Waals surface area contributed by atoms with Crippen molar-refractivity contribution in [1.82, 2.24) is 29.6 Å². The van der Waals surface area contributed by atoms with E-state index < -0.39 is 34.1 Å². The molecule has 0 bridgehead atoms. The Morgan fingerprint density at radius 3 is 2.60 bits per heavy atom. The Bertz CT molecular complexity index is 1670. The van der Waals surface area contributed by atoms with Crippen LogP contribution in [0.25, 0.3) is 11.2 Å². The summed E-state index contributed by atoms with van der Waals surface area (Å²) in [6.45, 7) is 2.33. The SMILES string of the molecule is CCCc1ccc(CNC(=O)[C@H]2CN(c3cnc4cncnc4n3)CCN2S(=O)(=O)c2ccc(OC(F)(F)F)cc2)s1. The number of nitrogens with zero attached hydrogens (tertiary/aromatic N) is 6. The van der Waals surface area contributed by atoms with Gasteiger partial charge >= 0.3 is 6.36 Å². The van der Waals surface area contributed by atoms with Gasteiger partial charge in [-0.1, -0.05) is 13.3 Å². The first-order chi connectivity index (χ1) is 20.0. The first-order valence-electron chi connectivity index (χ1n) is 12.9. The number of carbonyl (C=O) groups excluding carboxylic acids is 1. The number of piperazine rings is 1. The topological polar surface area (TPSA) is 131 Å². The second kappa shape index (κ2) is 12.1. The molecular weight excluding hydrogens is 595 g/mol. The average molecular weight is 622 g/mol. The molecule has 1 atom stereocenters. The fourth-order valence-electron chi connectivity index (χ4n) is 4.52. The largest absolute Gasteiger partial charge is 0.573 e. The zero-order chi connectivity index (χ0) is 29.9. The minimum Gasteiger partial charge on any atom is -0.406 e. The van der Waals surface area contributed by atoms with Crippen LogP contribution in [0.3, 0.4) is 0 Å². The molecule has 4 aromatic rings. The number of nitrogens with one attached hydrogen (secondary N) is 1. The van der Waals surface area contributed by atoms with Crippen LogP contribution in [-0.4, -0.2) is 70.6 Å². The predicted octanol–water partition coefficient (Wildman–Crippen LogP) is 3.53. The van der Waals surface area contributed by atoms with Crippen LogP contribution < -0.4 is 15.0 Å². The van der Waals surface area contributed by atoms with Gasteiger partial charge in [0.2, 0.25) is 15.9 Å². The van der Waals surface area contributed by atoms with Crippen molar-refractivity contribution in [2.75, 3.05) is 24.5 Å². The van der Waals surface area contributed by atoms with Crippen LogP contribution >= 0.6 is 11.3 Å². The van der Waals surface area contributed by atoms with E-state index in [4.69, 9.17) is 0 Å². The molecule has 3 aromatic heterocycles. The first-order valence-corrected chi connectivity index (χ1v) is 15.2. The molecule has 1 amide bonds. The predicted molar refractivity (Wildman–Crippen MR) is 148 cm³/mol. The van der Waals surface area contributed by atoms with Gasteiger partial charge in [0.15, 0.2) is 5.65 Å². The third-order valence-corrected chi connectivity index (χ3v) is 9.55. The van der Waals surface area contributed by atoms with E-state index in [2.05, 4.69) is 36.9 Å². The van der Waals surface area contributed by atoms with Gasteiger partial charge in [-0.3, -0.25) is 4.79 Å². The maximum absolute atomic E-state index is 13.7. The highest BCUT2D eigenvalue weighted by atomic mass is 32.2. The Morgan fingerprint density at radius 1 is 1.10 bits per heavy atom. The van der Waals surface area contributed by atoms with Crippen molar-refractivity contribution < 1.29 is 31.1 Å². The normalized spacial score (nSPS) is 16.5. The van der Waals surface area contributed by atoms with Crippen LogP contribution in [-0.2, 0) is 27.8 Å². The van der Waals surface area contributed by atoms with Crippen LogP contribution in [0.2, 0.25) is 0 Å². The number of anilines is 1. The first kappa shape index (κ1) is 29.6. The Balaban J connectivity index is 1.40. The maximum Gasteiger partial charge on any atom is 0.573 e. The number of alkyl halides is 3. The molecule has 4 heterocycles. The number of thiophene rings is 1. The molecular formula is C26H26F3N7O4S2. The lowest BCUT2D eigenvalue weighted by Crippen LogP contribution is -2.60. The van der Waals surface area contributed by atoms with Gasteiger partial charge in [0, 0.05) is 29.4 Å². The minimum atomic E-state index is -4.92. The average Bonchev–Trinajstić information content (AvgIpc) is 3.42. The molecule has 42 heavy (non-hydrogen) atoms. The van der Waals surface area contributed by atoms with E-state index >= 15 is 0 Å². The molecule has 0 saturated carbocycles. The van der Waals surface area contributed by atoms with Gasteiger partial charge in [-0.2, -0.15) is 4.31 Å². The summed E-state index contributed by atoms with van der Waals surface area (Å²) >= 11 is 1.57. The summed E-state index contributed by atoms with van der Waals surface area (Å²) in [7, 11) is -4.29. The lowest BCUT2D eigenvalue weighted by Gasteiger charge is -2.40. The van der Waals surface area contributed by atoms with Crippen LogP contribution in [0.15, 0.2) is 60.0 Å². The number of carbonyl (C=O) groups is 1. The van der Waals surface area contributed by atoms with Crippen molar-refractivity contribution >= 4 is 44.2 Å². The number of hydrogen-bond acceptors (Lipinski definition) is 10. The third kappa shape index (κ3) is 6.77.